The third kappa shape index (κ3) is 5.97. The Hall–Kier alpha value is -3.11. The SMILES string of the molecule is Cl.NCc1cc(OCc2cccc(C(=O)NCCn3cnnn3)c2)ncn1. The molecule has 3 aromatic rings. The van der Waals surface area contributed by atoms with Crippen LogP contribution in [0.3, 0.4) is 0 Å². The predicted molar refractivity (Wildman–Crippen MR) is 98.1 cm³/mol. The Labute approximate surface area is 161 Å². The summed E-state index contributed by atoms with van der Waals surface area (Å²) in [5.41, 5.74) is 7.65. The van der Waals surface area contributed by atoms with Crippen LogP contribution >= 0.6 is 12.4 Å². The van der Waals surface area contributed by atoms with Crippen molar-refractivity contribution in [2.75, 3.05) is 6.54 Å². The Morgan fingerprint density at radius 1 is 1.26 bits per heavy atom. The minimum atomic E-state index is -0.174. The summed E-state index contributed by atoms with van der Waals surface area (Å²) in [5.74, 6) is 0.268. The predicted octanol–water partition coefficient (Wildman–Crippen LogP) is 0.353. The molecule has 3 N–H and O–H groups in total. The fourth-order valence-corrected chi connectivity index (χ4v) is 2.20. The van der Waals surface area contributed by atoms with Gasteiger partial charge in [0.2, 0.25) is 5.88 Å². The molecule has 2 aromatic heterocycles. The minimum Gasteiger partial charge on any atom is -0.473 e. The van der Waals surface area contributed by atoms with Crippen molar-refractivity contribution < 1.29 is 9.53 Å². The maximum absolute atomic E-state index is 12.2. The number of tetrazole rings is 1. The first-order valence-electron chi connectivity index (χ1n) is 7.96. The molecule has 142 valence electrons. The van der Waals surface area contributed by atoms with Gasteiger partial charge in [-0.3, -0.25) is 4.79 Å². The highest BCUT2D eigenvalue weighted by molar-refractivity contribution is 5.94. The first kappa shape index (κ1) is 20.2. The molecule has 0 spiro atoms. The van der Waals surface area contributed by atoms with Crippen LogP contribution < -0.4 is 15.8 Å². The Balaban J connectivity index is 0.00000261. The van der Waals surface area contributed by atoms with Crippen molar-refractivity contribution >= 4 is 18.3 Å². The summed E-state index contributed by atoms with van der Waals surface area (Å²) in [7, 11) is 0. The third-order valence-electron chi connectivity index (χ3n) is 3.50. The number of amides is 1. The number of rotatable bonds is 8. The standard InChI is InChI=1S/C16H18N8O2.ClH/c17-8-14-7-15(20-10-19-14)26-9-12-2-1-3-13(6-12)16(25)18-4-5-24-11-21-22-23-24;/h1-3,6-7,10-11H,4-5,8-9,17H2,(H,18,25);1H. The molecule has 0 bridgehead atoms. The zero-order valence-electron chi connectivity index (χ0n) is 14.4. The first-order chi connectivity index (χ1) is 12.7. The Bertz CT molecular complexity index is 859. The molecular formula is C16H19ClN8O2. The zero-order valence-corrected chi connectivity index (χ0v) is 15.2. The van der Waals surface area contributed by atoms with E-state index >= 15 is 0 Å². The average Bonchev–Trinajstić information content (AvgIpc) is 3.20. The van der Waals surface area contributed by atoms with Gasteiger partial charge in [-0.25, -0.2) is 14.6 Å². The minimum absolute atomic E-state index is 0. The molecule has 11 heteroatoms. The monoisotopic (exact) mass is 390 g/mol. The van der Waals surface area contributed by atoms with Crippen LogP contribution in [0.5, 0.6) is 5.88 Å². The van der Waals surface area contributed by atoms with Crippen molar-refractivity contribution in [1.29, 1.82) is 0 Å². The van der Waals surface area contributed by atoms with Gasteiger partial charge in [0.1, 0.15) is 19.3 Å². The molecule has 0 radical (unpaired) electrons. The maximum Gasteiger partial charge on any atom is 0.251 e. The lowest BCUT2D eigenvalue weighted by atomic mass is 10.1. The van der Waals surface area contributed by atoms with E-state index in [1.165, 1.54) is 12.7 Å². The van der Waals surface area contributed by atoms with Gasteiger partial charge in [0.15, 0.2) is 0 Å². The summed E-state index contributed by atoms with van der Waals surface area (Å²) in [5, 5.41) is 13.6. The molecule has 0 saturated carbocycles. The largest absolute Gasteiger partial charge is 0.473 e. The van der Waals surface area contributed by atoms with Gasteiger partial charge in [0.25, 0.3) is 5.91 Å². The van der Waals surface area contributed by atoms with Gasteiger partial charge in [-0.1, -0.05) is 12.1 Å². The van der Waals surface area contributed by atoms with Crippen molar-refractivity contribution in [2.24, 2.45) is 5.73 Å². The van der Waals surface area contributed by atoms with E-state index in [1.807, 2.05) is 6.07 Å². The summed E-state index contributed by atoms with van der Waals surface area (Å²) in [4.78, 5) is 20.3. The number of halogens is 1. The molecule has 0 fully saturated rings. The van der Waals surface area contributed by atoms with Gasteiger partial charge in [0, 0.05) is 24.7 Å². The summed E-state index contributed by atoms with van der Waals surface area (Å²) >= 11 is 0. The van der Waals surface area contributed by atoms with Crippen LogP contribution in [0, 0.1) is 0 Å². The first-order valence-corrected chi connectivity index (χ1v) is 7.96. The zero-order chi connectivity index (χ0) is 18.2. The number of hydrogen-bond acceptors (Lipinski definition) is 8. The van der Waals surface area contributed by atoms with E-state index < -0.39 is 0 Å². The van der Waals surface area contributed by atoms with Crippen molar-refractivity contribution in [3.05, 3.63) is 59.8 Å². The summed E-state index contributed by atoms with van der Waals surface area (Å²) in [6.07, 6.45) is 2.90. The summed E-state index contributed by atoms with van der Waals surface area (Å²) in [6.45, 7) is 1.53. The number of benzene rings is 1. The van der Waals surface area contributed by atoms with E-state index in [0.717, 1.165) is 5.56 Å². The maximum atomic E-state index is 12.2. The van der Waals surface area contributed by atoms with Crippen molar-refractivity contribution in [3.8, 4) is 5.88 Å². The number of carbonyl (C=O) groups excluding carboxylic acids is 1. The van der Waals surface area contributed by atoms with Gasteiger partial charge in [-0.15, -0.1) is 17.5 Å². The lowest BCUT2D eigenvalue weighted by molar-refractivity contribution is 0.0951. The molecule has 0 aliphatic rings. The Morgan fingerprint density at radius 2 is 2.15 bits per heavy atom. The fourth-order valence-electron chi connectivity index (χ4n) is 2.20. The molecule has 1 amide bonds. The van der Waals surface area contributed by atoms with Crippen LogP contribution in [0.25, 0.3) is 0 Å². The van der Waals surface area contributed by atoms with Crippen LogP contribution in [0.15, 0.2) is 43.0 Å². The molecular weight excluding hydrogens is 372 g/mol. The Morgan fingerprint density at radius 3 is 2.93 bits per heavy atom. The molecule has 2 heterocycles. The van der Waals surface area contributed by atoms with Gasteiger partial charge in [-0.05, 0) is 28.1 Å². The van der Waals surface area contributed by atoms with Crippen LogP contribution in [0.2, 0.25) is 0 Å². The van der Waals surface area contributed by atoms with Gasteiger partial charge < -0.3 is 15.8 Å². The van der Waals surface area contributed by atoms with Crippen molar-refractivity contribution in [2.45, 2.75) is 19.7 Å². The van der Waals surface area contributed by atoms with E-state index in [4.69, 9.17) is 10.5 Å². The summed E-state index contributed by atoms with van der Waals surface area (Å²) in [6, 6.07) is 8.89. The number of aromatic nitrogens is 6. The van der Waals surface area contributed by atoms with E-state index in [2.05, 4.69) is 30.8 Å². The van der Waals surface area contributed by atoms with Crippen LogP contribution in [0.1, 0.15) is 21.6 Å². The van der Waals surface area contributed by atoms with E-state index in [9.17, 15) is 4.79 Å². The van der Waals surface area contributed by atoms with Gasteiger partial charge in [-0.2, -0.15) is 0 Å². The highest BCUT2D eigenvalue weighted by Crippen LogP contribution is 2.11. The average molecular weight is 391 g/mol. The van der Waals surface area contributed by atoms with Crippen molar-refractivity contribution in [1.82, 2.24) is 35.5 Å². The second kappa shape index (κ2) is 10.1. The number of nitrogens with one attached hydrogen (secondary N) is 1. The highest BCUT2D eigenvalue weighted by Gasteiger charge is 2.07. The third-order valence-corrected chi connectivity index (χ3v) is 3.50. The van der Waals surface area contributed by atoms with Crippen LogP contribution in [-0.2, 0) is 19.7 Å². The second-order valence-corrected chi connectivity index (χ2v) is 5.37. The lowest BCUT2D eigenvalue weighted by Gasteiger charge is -2.08. The number of ether oxygens (including phenoxy) is 1. The quantitative estimate of drug-likeness (QED) is 0.562. The van der Waals surface area contributed by atoms with Gasteiger partial charge in [0.05, 0.1) is 12.2 Å². The lowest BCUT2D eigenvalue weighted by Crippen LogP contribution is -2.27. The van der Waals surface area contributed by atoms with E-state index in [-0.39, 0.29) is 24.9 Å². The fraction of sp³-hybridized carbons (Fsp3) is 0.250. The topological polar surface area (TPSA) is 134 Å². The molecule has 10 nitrogen and oxygen atoms in total. The number of hydrogen-bond donors (Lipinski definition) is 2. The number of nitrogens with zero attached hydrogens (tertiary/aromatic N) is 6. The normalized spacial score (nSPS) is 10.1. The molecule has 3 rings (SSSR count). The van der Waals surface area contributed by atoms with Crippen LogP contribution in [0.4, 0.5) is 0 Å². The summed E-state index contributed by atoms with van der Waals surface area (Å²) < 4.78 is 7.18. The van der Waals surface area contributed by atoms with Crippen molar-refractivity contribution in [3.63, 3.8) is 0 Å². The molecule has 0 unspecified atom stereocenters. The molecule has 27 heavy (non-hydrogen) atoms. The number of nitrogens with two attached hydrogens (primary N) is 1. The molecule has 1 aromatic carbocycles. The second-order valence-electron chi connectivity index (χ2n) is 5.37. The highest BCUT2D eigenvalue weighted by atomic mass is 35.5. The molecule has 0 aliphatic heterocycles. The van der Waals surface area contributed by atoms with Gasteiger partial charge >= 0.3 is 0 Å². The number of carbonyl (C=O) groups is 1. The molecule has 0 aliphatic carbocycles. The molecule has 0 saturated heterocycles. The van der Waals surface area contributed by atoms with Crippen LogP contribution in [-0.4, -0.2) is 42.6 Å². The van der Waals surface area contributed by atoms with E-state index in [0.29, 0.717) is 36.8 Å². The van der Waals surface area contributed by atoms with E-state index in [1.54, 1.807) is 28.9 Å². The molecule has 0 atom stereocenters. The Kier molecular flexibility index (Phi) is 7.59. The smallest absolute Gasteiger partial charge is 0.251 e.